The Balaban J connectivity index is 2.67. The molecule has 2 aromatic carbocycles. The van der Waals surface area contributed by atoms with E-state index in [4.69, 9.17) is 5.73 Å². The maximum absolute atomic E-state index is 12.4. The van der Waals surface area contributed by atoms with Gasteiger partial charge in [-0.25, -0.2) is 8.42 Å². The number of hydrogen-bond donors (Lipinski definition) is 2. The van der Waals surface area contributed by atoms with Crippen LogP contribution >= 0.6 is 0 Å². The lowest BCUT2D eigenvalue weighted by Gasteiger charge is -2.07. The molecule has 0 saturated carbocycles. The number of aromatic hydroxyl groups is 1. The molecule has 0 amide bonds. The molecule has 0 spiro atoms. The molecule has 3 N–H and O–H groups in total. The molecule has 0 aromatic heterocycles. The monoisotopic (exact) mass is 294 g/mol. The maximum Gasteiger partial charge on any atom is 0.288 e. The number of nitro benzene ring substituents is 1. The molecule has 8 heteroatoms. The van der Waals surface area contributed by atoms with Crippen molar-refractivity contribution < 1.29 is 18.4 Å². The molecule has 2 rings (SSSR count). The van der Waals surface area contributed by atoms with E-state index in [2.05, 4.69) is 0 Å². The van der Waals surface area contributed by atoms with E-state index in [0.29, 0.717) is 0 Å². The molecule has 0 fully saturated rings. The first-order valence-electron chi connectivity index (χ1n) is 5.41. The lowest BCUT2D eigenvalue weighted by atomic mass is 10.3. The number of nitrogens with zero attached hydrogens (tertiary/aromatic N) is 1. The van der Waals surface area contributed by atoms with E-state index in [-0.39, 0.29) is 16.3 Å². The molecule has 0 aliphatic carbocycles. The van der Waals surface area contributed by atoms with Gasteiger partial charge in [-0.1, -0.05) is 12.1 Å². The number of nitrogens with two attached hydrogens (primary N) is 1. The summed E-state index contributed by atoms with van der Waals surface area (Å²) in [6, 6.07) is 8.34. The zero-order valence-electron chi connectivity index (χ0n) is 10.1. The van der Waals surface area contributed by atoms with Crippen molar-refractivity contribution >= 4 is 21.2 Å². The summed E-state index contributed by atoms with van der Waals surface area (Å²) in [5, 5.41) is 20.2. The zero-order chi connectivity index (χ0) is 14.9. The molecule has 0 radical (unpaired) electrons. The molecule has 0 saturated heterocycles. The number of nitrogen functional groups attached to an aromatic ring is 1. The number of nitro groups is 1. The number of anilines is 1. The average molecular weight is 294 g/mol. The summed E-state index contributed by atoms with van der Waals surface area (Å²) in [5.74, 6) is -0.258. The largest absolute Gasteiger partial charge is 0.506 e. The number of hydrogen-bond acceptors (Lipinski definition) is 6. The minimum Gasteiger partial charge on any atom is -0.506 e. The molecule has 0 bridgehead atoms. The van der Waals surface area contributed by atoms with Crippen molar-refractivity contribution in [2.75, 3.05) is 5.73 Å². The Labute approximate surface area is 114 Å². The van der Waals surface area contributed by atoms with Gasteiger partial charge in [-0.05, 0) is 24.3 Å². The van der Waals surface area contributed by atoms with Gasteiger partial charge in [-0.15, -0.1) is 0 Å². The maximum atomic E-state index is 12.4. The highest BCUT2D eigenvalue weighted by Crippen LogP contribution is 2.31. The molecule has 0 unspecified atom stereocenters. The summed E-state index contributed by atoms with van der Waals surface area (Å²) in [4.78, 5) is 9.49. The minimum atomic E-state index is -4.09. The van der Waals surface area contributed by atoms with Gasteiger partial charge in [-0.2, -0.15) is 0 Å². The second kappa shape index (κ2) is 4.82. The van der Waals surface area contributed by atoms with Gasteiger partial charge >= 0.3 is 0 Å². The molecule has 20 heavy (non-hydrogen) atoms. The van der Waals surface area contributed by atoms with Gasteiger partial charge in [0.05, 0.1) is 15.5 Å². The van der Waals surface area contributed by atoms with Crippen LogP contribution in [0, 0.1) is 10.1 Å². The van der Waals surface area contributed by atoms with Crippen LogP contribution in [0.25, 0.3) is 0 Å². The van der Waals surface area contributed by atoms with Crippen molar-refractivity contribution in [2.24, 2.45) is 0 Å². The predicted molar refractivity (Wildman–Crippen MR) is 71.1 cm³/mol. The quantitative estimate of drug-likeness (QED) is 0.384. The number of phenolic OH excluding ortho intramolecular Hbond substituents is 1. The highest BCUT2D eigenvalue weighted by molar-refractivity contribution is 7.91. The molecule has 7 nitrogen and oxygen atoms in total. The molecule has 104 valence electrons. The van der Waals surface area contributed by atoms with E-state index >= 15 is 0 Å². The Bertz CT molecular complexity index is 786. The van der Waals surface area contributed by atoms with E-state index in [9.17, 15) is 23.6 Å². The SMILES string of the molecule is Nc1cc(S(=O)(=O)c2ccccc2[N+](=O)[O-])ccc1O. The molecular weight excluding hydrogens is 284 g/mol. The van der Waals surface area contributed by atoms with Crippen molar-refractivity contribution in [3.63, 3.8) is 0 Å². The summed E-state index contributed by atoms with van der Waals surface area (Å²) in [5.41, 5.74) is 4.81. The van der Waals surface area contributed by atoms with E-state index in [0.717, 1.165) is 30.3 Å². The predicted octanol–water partition coefficient (Wildman–Crippen LogP) is 1.72. The van der Waals surface area contributed by atoms with Crippen molar-refractivity contribution in [3.8, 4) is 5.75 Å². The Morgan fingerprint density at radius 3 is 2.40 bits per heavy atom. The summed E-state index contributed by atoms with van der Waals surface area (Å²) in [6.45, 7) is 0. The van der Waals surface area contributed by atoms with E-state index in [1.54, 1.807) is 0 Å². The fourth-order valence-corrected chi connectivity index (χ4v) is 3.12. The van der Waals surface area contributed by atoms with Crippen LogP contribution < -0.4 is 5.73 Å². The summed E-state index contributed by atoms with van der Waals surface area (Å²) in [7, 11) is -4.09. The molecule has 0 aliphatic rings. The second-order valence-electron chi connectivity index (χ2n) is 3.95. The fraction of sp³-hybridized carbons (Fsp3) is 0. The molecular formula is C12H10N2O5S. The van der Waals surface area contributed by atoms with Gasteiger partial charge < -0.3 is 10.8 Å². The van der Waals surface area contributed by atoms with Crippen molar-refractivity contribution in [2.45, 2.75) is 9.79 Å². The van der Waals surface area contributed by atoms with Gasteiger partial charge in [0.2, 0.25) is 9.84 Å². The third-order valence-electron chi connectivity index (χ3n) is 2.66. The second-order valence-corrected chi connectivity index (χ2v) is 5.87. The van der Waals surface area contributed by atoms with Crippen LogP contribution in [0.15, 0.2) is 52.3 Å². The van der Waals surface area contributed by atoms with Crippen LogP contribution in [0.1, 0.15) is 0 Å². The molecule has 2 aromatic rings. The Kier molecular flexibility index (Phi) is 3.33. The third kappa shape index (κ3) is 2.28. The van der Waals surface area contributed by atoms with Crippen LogP contribution in [-0.2, 0) is 9.84 Å². The molecule has 0 aliphatic heterocycles. The van der Waals surface area contributed by atoms with Gasteiger partial charge in [-0.3, -0.25) is 10.1 Å². The number of benzene rings is 2. The lowest BCUT2D eigenvalue weighted by Crippen LogP contribution is -2.06. The van der Waals surface area contributed by atoms with Crippen molar-refractivity contribution in [3.05, 3.63) is 52.6 Å². The van der Waals surface area contributed by atoms with Gasteiger partial charge in [0.1, 0.15) is 10.6 Å². The molecule has 0 atom stereocenters. The Morgan fingerprint density at radius 1 is 1.15 bits per heavy atom. The first-order valence-corrected chi connectivity index (χ1v) is 6.89. The zero-order valence-corrected chi connectivity index (χ0v) is 10.9. The highest BCUT2D eigenvalue weighted by Gasteiger charge is 2.27. The number of rotatable bonds is 3. The smallest absolute Gasteiger partial charge is 0.288 e. The minimum absolute atomic E-state index is 0.121. The van der Waals surface area contributed by atoms with Crippen LogP contribution in [0.2, 0.25) is 0 Å². The Hall–Kier alpha value is -2.61. The highest BCUT2D eigenvalue weighted by atomic mass is 32.2. The topological polar surface area (TPSA) is 124 Å². The van der Waals surface area contributed by atoms with Crippen molar-refractivity contribution in [1.29, 1.82) is 0 Å². The van der Waals surface area contributed by atoms with Gasteiger partial charge in [0, 0.05) is 6.07 Å². The first-order chi connectivity index (χ1) is 9.34. The fourth-order valence-electron chi connectivity index (χ4n) is 1.66. The number of sulfone groups is 1. The van der Waals surface area contributed by atoms with Gasteiger partial charge in [0.15, 0.2) is 0 Å². The first kappa shape index (κ1) is 13.8. The van der Waals surface area contributed by atoms with E-state index < -0.39 is 25.3 Å². The summed E-state index contributed by atoms with van der Waals surface area (Å²) in [6.07, 6.45) is 0. The number of para-hydroxylation sites is 1. The van der Waals surface area contributed by atoms with Crippen molar-refractivity contribution in [1.82, 2.24) is 0 Å². The van der Waals surface area contributed by atoms with Gasteiger partial charge in [0.25, 0.3) is 5.69 Å². The average Bonchev–Trinajstić information content (AvgIpc) is 2.41. The number of phenols is 1. The van der Waals surface area contributed by atoms with Crippen LogP contribution in [0.3, 0.4) is 0 Å². The Morgan fingerprint density at radius 2 is 1.80 bits per heavy atom. The third-order valence-corrected chi connectivity index (χ3v) is 4.46. The molecule has 0 heterocycles. The van der Waals surface area contributed by atoms with E-state index in [1.807, 2.05) is 0 Å². The lowest BCUT2D eigenvalue weighted by molar-refractivity contribution is -0.387. The van der Waals surface area contributed by atoms with Crippen LogP contribution in [0.4, 0.5) is 11.4 Å². The summed E-state index contributed by atoms with van der Waals surface area (Å²) < 4.78 is 24.8. The van der Waals surface area contributed by atoms with Crippen LogP contribution in [0.5, 0.6) is 5.75 Å². The standard InChI is InChI=1S/C12H10N2O5S/c13-9-7-8(5-6-11(9)15)20(18,19)12-4-2-1-3-10(12)14(16)17/h1-7,15H,13H2. The normalized spacial score (nSPS) is 11.2. The van der Waals surface area contributed by atoms with Crippen LogP contribution in [-0.4, -0.2) is 18.4 Å². The summed E-state index contributed by atoms with van der Waals surface area (Å²) >= 11 is 0. The van der Waals surface area contributed by atoms with E-state index in [1.165, 1.54) is 12.1 Å².